The Hall–Kier alpha value is -3.71. The predicted molar refractivity (Wildman–Crippen MR) is 123 cm³/mol. The second-order valence-electron chi connectivity index (χ2n) is 6.68. The van der Waals surface area contributed by atoms with Crippen LogP contribution in [0.15, 0.2) is 82.7 Å². The summed E-state index contributed by atoms with van der Waals surface area (Å²) in [5.41, 5.74) is 0.937. The molecule has 2 N–H and O–H groups in total. The van der Waals surface area contributed by atoms with Gasteiger partial charge in [-0.2, -0.15) is 4.99 Å². The highest BCUT2D eigenvalue weighted by Gasteiger charge is 2.15. The summed E-state index contributed by atoms with van der Waals surface area (Å²) in [5, 5.41) is 5.23. The molecule has 1 amide bonds. The van der Waals surface area contributed by atoms with E-state index in [1.165, 1.54) is 12.1 Å². The first-order chi connectivity index (χ1) is 15.4. The van der Waals surface area contributed by atoms with Crippen LogP contribution in [0.3, 0.4) is 0 Å². The molecule has 0 radical (unpaired) electrons. The monoisotopic (exact) mass is 463 g/mol. The van der Waals surface area contributed by atoms with Crippen molar-refractivity contribution in [2.45, 2.75) is 11.4 Å². The number of para-hydroxylation sites is 2. The summed E-state index contributed by atoms with van der Waals surface area (Å²) in [7, 11) is -3.87. The van der Waals surface area contributed by atoms with Gasteiger partial charge in [-0.15, -0.1) is 6.42 Å². The van der Waals surface area contributed by atoms with Crippen molar-refractivity contribution < 1.29 is 17.9 Å². The summed E-state index contributed by atoms with van der Waals surface area (Å²) >= 11 is 1.15. The fraction of sp³-hybridized carbons (Fsp3) is 0.0435. The summed E-state index contributed by atoms with van der Waals surface area (Å²) in [6, 6.07) is 20.3. The standard InChI is InChI=1S/C23H17N3O4S2/c1-2-14-26-19-13-12-17(32(24,28)29)15-21(19)31-23(26)25-22(27)18-10-6-7-11-20(18)30-16-8-4-3-5-9-16/h1,3-13,15H,14H2,(H2,24,28,29). The topological polar surface area (TPSA) is 104 Å². The van der Waals surface area contributed by atoms with Gasteiger partial charge in [0.1, 0.15) is 11.5 Å². The highest BCUT2D eigenvalue weighted by atomic mass is 32.2. The lowest BCUT2D eigenvalue weighted by Gasteiger charge is -2.08. The first-order valence-corrected chi connectivity index (χ1v) is 11.7. The van der Waals surface area contributed by atoms with Gasteiger partial charge in [0.05, 0.1) is 27.2 Å². The molecule has 160 valence electrons. The van der Waals surface area contributed by atoms with Gasteiger partial charge in [0.25, 0.3) is 5.91 Å². The van der Waals surface area contributed by atoms with E-state index in [2.05, 4.69) is 10.9 Å². The van der Waals surface area contributed by atoms with Crippen molar-refractivity contribution in [1.82, 2.24) is 4.57 Å². The SMILES string of the molecule is C#CCn1c(=NC(=O)c2ccccc2Oc2ccccc2)sc2cc(S(N)(=O)=O)ccc21. The summed E-state index contributed by atoms with van der Waals surface area (Å²) < 4.78 is 31.5. The molecule has 1 aromatic heterocycles. The van der Waals surface area contributed by atoms with Crippen LogP contribution >= 0.6 is 11.3 Å². The van der Waals surface area contributed by atoms with Crippen molar-refractivity contribution >= 4 is 37.5 Å². The molecule has 7 nitrogen and oxygen atoms in total. The molecule has 0 bridgehead atoms. The van der Waals surface area contributed by atoms with Crippen molar-refractivity contribution in [3.05, 3.63) is 83.2 Å². The molecular weight excluding hydrogens is 446 g/mol. The van der Waals surface area contributed by atoms with Gasteiger partial charge in [0.15, 0.2) is 4.80 Å². The minimum Gasteiger partial charge on any atom is -0.457 e. The number of carbonyl (C=O) groups excluding carboxylic acids is 1. The van der Waals surface area contributed by atoms with Crippen LogP contribution in [0.5, 0.6) is 11.5 Å². The van der Waals surface area contributed by atoms with Crippen LogP contribution in [0.4, 0.5) is 0 Å². The number of aromatic nitrogens is 1. The zero-order chi connectivity index (χ0) is 22.7. The number of ether oxygens (including phenoxy) is 1. The van der Waals surface area contributed by atoms with Crippen molar-refractivity contribution in [2.24, 2.45) is 10.1 Å². The van der Waals surface area contributed by atoms with Gasteiger partial charge in [-0.05, 0) is 42.5 Å². The molecule has 3 aromatic carbocycles. The van der Waals surface area contributed by atoms with E-state index in [4.69, 9.17) is 16.3 Å². The number of hydrogen-bond acceptors (Lipinski definition) is 5. The molecule has 0 aliphatic rings. The largest absolute Gasteiger partial charge is 0.457 e. The fourth-order valence-electron chi connectivity index (χ4n) is 3.05. The van der Waals surface area contributed by atoms with Crippen LogP contribution in [0, 0.1) is 12.3 Å². The van der Waals surface area contributed by atoms with E-state index in [0.717, 1.165) is 11.3 Å². The Morgan fingerprint density at radius 2 is 1.81 bits per heavy atom. The Morgan fingerprint density at radius 3 is 2.53 bits per heavy atom. The van der Waals surface area contributed by atoms with E-state index in [1.807, 2.05) is 18.2 Å². The number of amides is 1. The summed E-state index contributed by atoms with van der Waals surface area (Å²) in [6.07, 6.45) is 5.50. The average molecular weight is 464 g/mol. The smallest absolute Gasteiger partial charge is 0.283 e. The number of hydrogen-bond donors (Lipinski definition) is 1. The molecule has 0 unspecified atom stereocenters. The molecule has 32 heavy (non-hydrogen) atoms. The van der Waals surface area contributed by atoms with Gasteiger partial charge < -0.3 is 9.30 Å². The van der Waals surface area contributed by atoms with E-state index in [0.29, 0.717) is 26.5 Å². The molecule has 9 heteroatoms. The third-order valence-electron chi connectivity index (χ3n) is 4.52. The number of primary sulfonamides is 1. The zero-order valence-electron chi connectivity index (χ0n) is 16.6. The lowest BCUT2D eigenvalue weighted by Crippen LogP contribution is -2.16. The lowest BCUT2D eigenvalue weighted by atomic mass is 10.2. The first-order valence-electron chi connectivity index (χ1n) is 9.37. The predicted octanol–water partition coefficient (Wildman–Crippen LogP) is 3.52. The van der Waals surface area contributed by atoms with Crippen molar-refractivity contribution in [3.63, 3.8) is 0 Å². The summed E-state index contributed by atoms with van der Waals surface area (Å²) in [6.45, 7) is 0.156. The van der Waals surface area contributed by atoms with E-state index < -0.39 is 15.9 Å². The Balaban J connectivity index is 1.80. The highest BCUT2D eigenvalue weighted by Crippen LogP contribution is 2.26. The maximum Gasteiger partial charge on any atom is 0.283 e. The Morgan fingerprint density at radius 1 is 1.09 bits per heavy atom. The third kappa shape index (κ3) is 4.48. The van der Waals surface area contributed by atoms with E-state index in [-0.39, 0.29) is 17.0 Å². The van der Waals surface area contributed by atoms with Crippen LogP contribution in [0.25, 0.3) is 10.2 Å². The van der Waals surface area contributed by atoms with Crippen LogP contribution in [0.2, 0.25) is 0 Å². The Labute approximate surface area is 188 Å². The quantitative estimate of drug-likeness (QED) is 0.457. The number of rotatable bonds is 5. The number of nitrogens with zero attached hydrogens (tertiary/aromatic N) is 2. The fourth-order valence-corrected chi connectivity index (χ4v) is 4.74. The van der Waals surface area contributed by atoms with Crippen LogP contribution in [-0.2, 0) is 16.6 Å². The van der Waals surface area contributed by atoms with Crippen LogP contribution in [-0.4, -0.2) is 18.9 Å². The van der Waals surface area contributed by atoms with Gasteiger partial charge in [0, 0.05) is 0 Å². The molecule has 0 aliphatic heterocycles. The molecule has 0 spiro atoms. The van der Waals surface area contributed by atoms with Gasteiger partial charge in [0.2, 0.25) is 10.0 Å². The maximum absolute atomic E-state index is 13.1. The zero-order valence-corrected chi connectivity index (χ0v) is 18.3. The molecule has 4 aromatic rings. The highest BCUT2D eigenvalue weighted by molar-refractivity contribution is 7.89. The van der Waals surface area contributed by atoms with E-state index >= 15 is 0 Å². The van der Waals surface area contributed by atoms with E-state index in [1.54, 1.807) is 47.0 Å². The third-order valence-corrected chi connectivity index (χ3v) is 6.47. The van der Waals surface area contributed by atoms with Gasteiger partial charge in [-0.1, -0.05) is 47.6 Å². The normalized spacial score (nSPS) is 11.9. The van der Waals surface area contributed by atoms with Crippen LogP contribution < -0.4 is 14.7 Å². The molecule has 0 saturated heterocycles. The molecule has 0 atom stereocenters. The minimum atomic E-state index is -3.87. The number of sulfonamides is 1. The molecular formula is C23H17N3O4S2. The molecule has 1 heterocycles. The molecule has 0 aliphatic carbocycles. The van der Waals surface area contributed by atoms with E-state index in [9.17, 15) is 13.2 Å². The number of nitrogens with two attached hydrogens (primary N) is 1. The van der Waals surface area contributed by atoms with Crippen molar-refractivity contribution in [2.75, 3.05) is 0 Å². The van der Waals surface area contributed by atoms with Crippen LogP contribution in [0.1, 0.15) is 10.4 Å². The summed E-state index contributed by atoms with van der Waals surface area (Å²) in [4.78, 5) is 17.6. The minimum absolute atomic E-state index is 0.0291. The number of thiazole rings is 1. The van der Waals surface area contributed by atoms with Gasteiger partial charge in [-0.25, -0.2) is 13.6 Å². The van der Waals surface area contributed by atoms with Gasteiger partial charge >= 0.3 is 0 Å². The number of carbonyl (C=O) groups is 1. The maximum atomic E-state index is 13.1. The van der Waals surface area contributed by atoms with Crippen molar-refractivity contribution in [3.8, 4) is 23.8 Å². The molecule has 0 fully saturated rings. The molecule has 4 rings (SSSR count). The second-order valence-corrected chi connectivity index (χ2v) is 9.25. The number of fused-ring (bicyclic) bond motifs is 1. The Bertz CT molecular complexity index is 1530. The Kier molecular flexibility index (Phi) is 5.92. The molecule has 0 saturated carbocycles. The van der Waals surface area contributed by atoms with Crippen molar-refractivity contribution in [1.29, 1.82) is 0 Å². The lowest BCUT2D eigenvalue weighted by molar-refractivity contribution is 0.0995. The number of terminal acetylenes is 1. The van der Waals surface area contributed by atoms with Gasteiger partial charge in [-0.3, -0.25) is 4.79 Å². The summed E-state index contributed by atoms with van der Waals surface area (Å²) in [5.74, 6) is 2.98. The average Bonchev–Trinajstić information content (AvgIpc) is 3.11. The number of benzene rings is 3. The first kappa shape index (κ1) is 21.5. The second kappa shape index (κ2) is 8.80.